The van der Waals surface area contributed by atoms with E-state index in [-0.39, 0.29) is 17.5 Å². The lowest BCUT2D eigenvalue weighted by Crippen LogP contribution is -2.43. The van der Waals surface area contributed by atoms with Gasteiger partial charge in [0.05, 0.1) is 11.7 Å². The van der Waals surface area contributed by atoms with Gasteiger partial charge in [0, 0.05) is 50.1 Å². The number of fused-ring (bicyclic) bond motifs is 1. The number of aromatic amines is 1. The van der Waals surface area contributed by atoms with Crippen molar-refractivity contribution in [1.29, 1.82) is 0 Å². The van der Waals surface area contributed by atoms with E-state index in [1.165, 1.54) is 24.8 Å². The van der Waals surface area contributed by atoms with E-state index in [2.05, 4.69) is 14.9 Å². The van der Waals surface area contributed by atoms with Gasteiger partial charge in [0.25, 0.3) is 5.56 Å². The Morgan fingerprint density at radius 1 is 1.16 bits per heavy atom. The molecule has 2 aromatic rings. The predicted molar refractivity (Wildman–Crippen MR) is 120 cm³/mol. The molecule has 168 valence electrons. The molecule has 4 aliphatic rings. The SMILES string of the molecule is O=C([C@H]1CC12CCC2)N1CCCC[C@@H]1c1nc2c(c(=O)[nH]1)CCN(Cc1ccncc1)C2. The predicted octanol–water partition coefficient (Wildman–Crippen LogP) is 2.97. The Morgan fingerprint density at radius 2 is 2.00 bits per heavy atom. The van der Waals surface area contributed by atoms with E-state index < -0.39 is 0 Å². The molecule has 2 saturated carbocycles. The summed E-state index contributed by atoms with van der Waals surface area (Å²) in [6, 6.07) is 3.97. The van der Waals surface area contributed by atoms with Gasteiger partial charge in [-0.05, 0) is 68.1 Å². The maximum Gasteiger partial charge on any atom is 0.254 e. The van der Waals surface area contributed by atoms with Crippen LogP contribution in [0.25, 0.3) is 0 Å². The molecule has 6 rings (SSSR count). The molecule has 2 aliphatic heterocycles. The average Bonchev–Trinajstić information content (AvgIpc) is 3.56. The molecule has 1 spiro atoms. The van der Waals surface area contributed by atoms with Crippen molar-refractivity contribution in [1.82, 2.24) is 24.8 Å². The van der Waals surface area contributed by atoms with Gasteiger partial charge in [-0.2, -0.15) is 0 Å². The largest absolute Gasteiger partial charge is 0.332 e. The molecule has 2 aliphatic carbocycles. The van der Waals surface area contributed by atoms with Crippen molar-refractivity contribution in [2.75, 3.05) is 13.1 Å². The molecule has 1 N–H and O–H groups in total. The van der Waals surface area contributed by atoms with Crippen molar-refractivity contribution in [2.24, 2.45) is 11.3 Å². The summed E-state index contributed by atoms with van der Waals surface area (Å²) in [5.41, 5.74) is 3.21. The van der Waals surface area contributed by atoms with Gasteiger partial charge in [0.1, 0.15) is 5.82 Å². The number of nitrogens with zero attached hydrogens (tertiary/aromatic N) is 4. The van der Waals surface area contributed by atoms with Crippen molar-refractivity contribution in [3.8, 4) is 0 Å². The van der Waals surface area contributed by atoms with Crippen LogP contribution >= 0.6 is 0 Å². The molecule has 0 radical (unpaired) electrons. The van der Waals surface area contributed by atoms with E-state index in [4.69, 9.17) is 4.98 Å². The van der Waals surface area contributed by atoms with Gasteiger partial charge in [0.2, 0.25) is 5.91 Å². The molecule has 7 heteroatoms. The van der Waals surface area contributed by atoms with Gasteiger partial charge in [-0.3, -0.25) is 19.5 Å². The van der Waals surface area contributed by atoms with Crippen LogP contribution < -0.4 is 5.56 Å². The van der Waals surface area contributed by atoms with Crippen LogP contribution in [0.15, 0.2) is 29.3 Å². The Morgan fingerprint density at radius 3 is 2.75 bits per heavy atom. The molecule has 2 atom stereocenters. The minimum Gasteiger partial charge on any atom is -0.332 e. The first-order valence-corrected chi connectivity index (χ1v) is 12.2. The van der Waals surface area contributed by atoms with Crippen LogP contribution in [0.5, 0.6) is 0 Å². The molecule has 32 heavy (non-hydrogen) atoms. The smallest absolute Gasteiger partial charge is 0.254 e. The Hall–Kier alpha value is -2.54. The van der Waals surface area contributed by atoms with Gasteiger partial charge >= 0.3 is 0 Å². The number of rotatable bonds is 4. The van der Waals surface area contributed by atoms with Gasteiger partial charge < -0.3 is 9.88 Å². The number of pyridine rings is 1. The lowest BCUT2D eigenvalue weighted by Gasteiger charge is -2.37. The van der Waals surface area contributed by atoms with E-state index >= 15 is 0 Å². The van der Waals surface area contributed by atoms with Crippen LogP contribution in [0.1, 0.15) is 73.6 Å². The highest BCUT2D eigenvalue weighted by atomic mass is 16.2. The summed E-state index contributed by atoms with van der Waals surface area (Å²) in [4.78, 5) is 42.8. The zero-order chi connectivity index (χ0) is 21.7. The van der Waals surface area contributed by atoms with Crippen molar-refractivity contribution in [2.45, 2.75) is 70.5 Å². The van der Waals surface area contributed by atoms with Gasteiger partial charge in [-0.15, -0.1) is 0 Å². The molecule has 7 nitrogen and oxygen atoms in total. The maximum atomic E-state index is 13.4. The van der Waals surface area contributed by atoms with E-state index in [9.17, 15) is 9.59 Å². The van der Waals surface area contributed by atoms with E-state index in [0.29, 0.717) is 30.1 Å². The molecule has 3 fully saturated rings. The van der Waals surface area contributed by atoms with E-state index in [0.717, 1.165) is 56.6 Å². The molecule has 0 aromatic carbocycles. The fourth-order valence-electron chi connectivity index (χ4n) is 6.11. The van der Waals surface area contributed by atoms with Crippen LogP contribution in [0.3, 0.4) is 0 Å². The van der Waals surface area contributed by atoms with Crippen LogP contribution in [-0.4, -0.2) is 43.7 Å². The molecule has 0 bridgehead atoms. The van der Waals surface area contributed by atoms with Crippen molar-refractivity contribution in [3.63, 3.8) is 0 Å². The molecule has 2 aromatic heterocycles. The number of hydrogen-bond acceptors (Lipinski definition) is 5. The highest BCUT2D eigenvalue weighted by Crippen LogP contribution is 2.66. The number of piperidine rings is 1. The fraction of sp³-hybridized carbons (Fsp3) is 0.600. The zero-order valence-electron chi connectivity index (χ0n) is 18.6. The number of hydrogen-bond donors (Lipinski definition) is 1. The number of likely N-dealkylation sites (tertiary alicyclic amines) is 1. The summed E-state index contributed by atoms with van der Waals surface area (Å²) in [6.07, 6.45) is 12.1. The standard InChI is InChI=1S/C25H31N5O2/c31-23-18-7-13-29(15-17-5-10-26-11-6-17)16-20(18)27-22(28-23)21-4-1-2-12-30(21)24(32)19-14-25(19)8-3-9-25/h5-6,10-11,19,21H,1-4,7-9,12-16H2,(H,27,28,31)/t19-,21-/m1/s1. The Bertz CT molecular complexity index is 1080. The zero-order valence-corrected chi connectivity index (χ0v) is 18.6. The highest BCUT2D eigenvalue weighted by Gasteiger charge is 2.62. The average molecular weight is 434 g/mol. The second kappa shape index (κ2) is 7.80. The molecular formula is C25H31N5O2. The fourth-order valence-corrected chi connectivity index (χ4v) is 6.11. The van der Waals surface area contributed by atoms with Gasteiger partial charge in [0.15, 0.2) is 0 Å². The summed E-state index contributed by atoms with van der Waals surface area (Å²) in [7, 11) is 0. The normalized spacial score (nSPS) is 26.4. The maximum absolute atomic E-state index is 13.4. The minimum absolute atomic E-state index is 0.0200. The van der Waals surface area contributed by atoms with Crippen molar-refractivity contribution >= 4 is 5.91 Å². The third-order valence-corrected chi connectivity index (χ3v) is 8.27. The van der Waals surface area contributed by atoms with Crippen molar-refractivity contribution < 1.29 is 4.79 Å². The molecule has 1 amide bonds. The number of carbonyl (C=O) groups excluding carboxylic acids is 1. The molecule has 4 heterocycles. The first-order chi connectivity index (χ1) is 15.6. The van der Waals surface area contributed by atoms with E-state index in [1.807, 2.05) is 29.4 Å². The summed E-state index contributed by atoms with van der Waals surface area (Å²) in [5, 5.41) is 0. The number of H-pyrrole nitrogens is 1. The first kappa shape index (κ1) is 20.1. The Kier molecular flexibility index (Phi) is 4.90. The number of amides is 1. The third-order valence-electron chi connectivity index (χ3n) is 8.27. The summed E-state index contributed by atoms with van der Waals surface area (Å²) in [6.45, 7) is 3.12. The van der Waals surface area contributed by atoms with Crippen molar-refractivity contribution in [3.05, 3.63) is 57.5 Å². The summed E-state index contributed by atoms with van der Waals surface area (Å²) in [5.74, 6) is 1.20. The number of nitrogens with one attached hydrogen (secondary N) is 1. The van der Waals surface area contributed by atoms with Gasteiger partial charge in [-0.25, -0.2) is 4.98 Å². The minimum atomic E-state index is -0.0949. The van der Waals surface area contributed by atoms with Gasteiger partial charge in [-0.1, -0.05) is 6.42 Å². The molecule has 1 saturated heterocycles. The second-order valence-corrected chi connectivity index (χ2v) is 10.2. The topological polar surface area (TPSA) is 82.2 Å². The van der Waals surface area contributed by atoms with E-state index in [1.54, 1.807) is 0 Å². The third kappa shape index (κ3) is 3.47. The summed E-state index contributed by atoms with van der Waals surface area (Å²) >= 11 is 0. The van der Waals surface area contributed by atoms with Crippen LogP contribution in [0, 0.1) is 11.3 Å². The Balaban J connectivity index is 1.24. The van der Waals surface area contributed by atoms with Crippen LogP contribution in [0.2, 0.25) is 0 Å². The number of aromatic nitrogens is 3. The first-order valence-electron chi connectivity index (χ1n) is 12.2. The molecular weight excluding hydrogens is 402 g/mol. The lowest BCUT2D eigenvalue weighted by molar-refractivity contribution is -0.138. The van der Waals surface area contributed by atoms with Crippen LogP contribution in [-0.2, 0) is 24.3 Å². The van der Waals surface area contributed by atoms with Crippen LogP contribution in [0.4, 0.5) is 0 Å². The summed E-state index contributed by atoms with van der Waals surface area (Å²) < 4.78 is 0. The monoisotopic (exact) mass is 433 g/mol. The Labute approximate surface area is 188 Å². The number of carbonyl (C=O) groups is 1. The second-order valence-electron chi connectivity index (χ2n) is 10.2. The molecule has 0 unspecified atom stereocenters. The quantitative estimate of drug-likeness (QED) is 0.802. The highest BCUT2D eigenvalue weighted by molar-refractivity contribution is 5.83. The lowest BCUT2D eigenvalue weighted by atomic mass is 9.79.